The van der Waals surface area contributed by atoms with Crippen LogP contribution in [-0.4, -0.2) is 44.2 Å². The number of aromatic nitrogens is 1. The van der Waals surface area contributed by atoms with E-state index in [-0.39, 0.29) is 0 Å². The van der Waals surface area contributed by atoms with Gasteiger partial charge in [0.2, 0.25) is 0 Å². The van der Waals surface area contributed by atoms with Gasteiger partial charge in [0.25, 0.3) is 0 Å². The molecule has 27 heavy (non-hydrogen) atoms. The third kappa shape index (κ3) is 6.29. The molecule has 0 unspecified atom stereocenters. The largest absolute Gasteiger partial charge is 0.467 e. The fourth-order valence-electron chi connectivity index (χ4n) is 3.04. The minimum absolute atomic E-state index is 0.515. The molecule has 0 radical (unpaired) electrons. The second kappa shape index (κ2) is 10.6. The predicted molar refractivity (Wildman–Crippen MR) is 107 cm³/mol. The minimum Gasteiger partial charge on any atom is -0.467 e. The molecule has 1 aliphatic rings. The van der Waals surface area contributed by atoms with E-state index < -0.39 is 0 Å². The number of nitrogens with one attached hydrogen (secondary N) is 2. The summed E-state index contributed by atoms with van der Waals surface area (Å²) in [5.74, 6) is 2.72. The van der Waals surface area contributed by atoms with Gasteiger partial charge < -0.3 is 24.7 Å². The number of guanidine groups is 1. The Labute approximate surface area is 160 Å². The number of furan rings is 1. The molecule has 1 aliphatic heterocycles. The maximum Gasteiger partial charge on any atom is 0.191 e. The van der Waals surface area contributed by atoms with Crippen LogP contribution in [0.25, 0.3) is 0 Å². The number of nitrogens with zero attached hydrogens (tertiary/aromatic N) is 3. The normalized spacial score (nSPS) is 14.6. The van der Waals surface area contributed by atoms with E-state index in [1.807, 2.05) is 24.4 Å². The van der Waals surface area contributed by atoms with Crippen LogP contribution in [0.1, 0.15) is 30.6 Å². The molecule has 7 nitrogen and oxygen atoms in total. The monoisotopic (exact) mass is 371 g/mol. The summed E-state index contributed by atoms with van der Waals surface area (Å²) >= 11 is 0. The molecule has 2 aromatic rings. The van der Waals surface area contributed by atoms with E-state index in [4.69, 9.17) is 9.15 Å². The third-order valence-electron chi connectivity index (χ3n) is 4.51. The van der Waals surface area contributed by atoms with Crippen LogP contribution in [0.5, 0.6) is 0 Å². The Hall–Kier alpha value is -2.54. The molecule has 0 amide bonds. The Kier molecular flexibility index (Phi) is 7.53. The molecule has 0 aromatic carbocycles. The van der Waals surface area contributed by atoms with Crippen molar-refractivity contribution in [3.05, 3.63) is 48.0 Å². The molecular weight excluding hydrogens is 342 g/mol. The molecule has 0 bridgehead atoms. The van der Waals surface area contributed by atoms with E-state index in [0.717, 1.165) is 50.1 Å². The van der Waals surface area contributed by atoms with Crippen molar-refractivity contribution in [2.45, 2.75) is 32.4 Å². The SMILES string of the molecule is CN=C(NCCCOCc1ccco1)NCc1ccnc(N2CCCC2)c1. The van der Waals surface area contributed by atoms with Crippen molar-refractivity contribution >= 4 is 11.8 Å². The summed E-state index contributed by atoms with van der Waals surface area (Å²) in [7, 11) is 1.78. The zero-order chi connectivity index (χ0) is 18.7. The molecule has 1 saturated heterocycles. The summed E-state index contributed by atoms with van der Waals surface area (Å²) < 4.78 is 10.8. The quantitative estimate of drug-likeness (QED) is 0.401. The maximum atomic E-state index is 5.58. The fraction of sp³-hybridized carbons (Fsp3) is 0.500. The molecule has 0 atom stereocenters. The van der Waals surface area contributed by atoms with Crippen LogP contribution < -0.4 is 15.5 Å². The van der Waals surface area contributed by atoms with Gasteiger partial charge >= 0.3 is 0 Å². The van der Waals surface area contributed by atoms with Crippen LogP contribution in [0.4, 0.5) is 5.82 Å². The predicted octanol–water partition coefficient (Wildman–Crippen LogP) is 2.55. The van der Waals surface area contributed by atoms with E-state index in [9.17, 15) is 0 Å². The summed E-state index contributed by atoms with van der Waals surface area (Å²) in [6, 6.07) is 7.99. The van der Waals surface area contributed by atoms with E-state index in [1.54, 1.807) is 13.3 Å². The molecule has 7 heteroatoms. The second-order valence-electron chi connectivity index (χ2n) is 6.55. The first kappa shape index (κ1) is 19.2. The van der Waals surface area contributed by atoms with Gasteiger partial charge in [-0.3, -0.25) is 4.99 Å². The van der Waals surface area contributed by atoms with Crippen molar-refractivity contribution in [1.29, 1.82) is 0 Å². The summed E-state index contributed by atoms with van der Waals surface area (Å²) in [6.45, 7) is 4.92. The van der Waals surface area contributed by atoms with E-state index in [1.165, 1.54) is 18.4 Å². The first-order valence-electron chi connectivity index (χ1n) is 9.59. The van der Waals surface area contributed by atoms with Crippen LogP contribution in [0.15, 0.2) is 46.1 Å². The van der Waals surface area contributed by atoms with Crippen LogP contribution in [0, 0.1) is 0 Å². The number of aliphatic imine (C=N–C) groups is 1. The highest BCUT2D eigenvalue weighted by Crippen LogP contribution is 2.18. The standard InChI is InChI=1S/C20H29N5O2/c1-21-20(23-8-5-12-26-16-18-6-4-13-27-18)24-15-17-7-9-22-19(14-17)25-10-2-3-11-25/h4,6-7,9,13-14H,2-3,5,8,10-12,15-16H2,1H3,(H2,21,23,24). The smallest absolute Gasteiger partial charge is 0.191 e. The van der Waals surface area contributed by atoms with E-state index in [0.29, 0.717) is 13.2 Å². The molecule has 146 valence electrons. The van der Waals surface area contributed by atoms with Crippen molar-refractivity contribution in [3.63, 3.8) is 0 Å². The van der Waals surface area contributed by atoms with Crippen LogP contribution in [0.2, 0.25) is 0 Å². The number of ether oxygens (including phenoxy) is 1. The molecule has 0 saturated carbocycles. The van der Waals surface area contributed by atoms with Crippen LogP contribution in [-0.2, 0) is 17.9 Å². The van der Waals surface area contributed by atoms with Gasteiger partial charge in [-0.2, -0.15) is 0 Å². The highest BCUT2D eigenvalue weighted by molar-refractivity contribution is 5.79. The first-order chi connectivity index (χ1) is 13.3. The number of anilines is 1. The number of hydrogen-bond acceptors (Lipinski definition) is 5. The van der Waals surface area contributed by atoms with Crippen molar-refractivity contribution in [2.75, 3.05) is 38.2 Å². The van der Waals surface area contributed by atoms with Gasteiger partial charge in [-0.15, -0.1) is 0 Å². The van der Waals surface area contributed by atoms with Crippen molar-refractivity contribution in [2.24, 2.45) is 4.99 Å². The van der Waals surface area contributed by atoms with E-state index in [2.05, 4.69) is 31.6 Å². The number of pyridine rings is 1. The minimum atomic E-state index is 0.515. The van der Waals surface area contributed by atoms with Gasteiger partial charge in [0.1, 0.15) is 18.2 Å². The van der Waals surface area contributed by atoms with Gasteiger partial charge in [0.15, 0.2) is 5.96 Å². The number of hydrogen-bond donors (Lipinski definition) is 2. The maximum absolute atomic E-state index is 5.58. The van der Waals surface area contributed by atoms with Gasteiger partial charge in [-0.05, 0) is 49.1 Å². The zero-order valence-corrected chi connectivity index (χ0v) is 16.0. The lowest BCUT2D eigenvalue weighted by Crippen LogP contribution is -2.37. The highest BCUT2D eigenvalue weighted by Gasteiger charge is 2.13. The van der Waals surface area contributed by atoms with Crippen LogP contribution in [0.3, 0.4) is 0 Å². The zero-order valence-electron chi connectivity index (χ0n) is 16.0. The average molecular weight is 371 g/mol. The molecule has 2 aromatic heterocycles. The van der Waals surface area contributed by atoms with Crippen molar-refractivity contribution in [3.8, 4) is 0 Å². The third-order valence-corrected chi connectivity index (χ3v) is 4.51. The van der Waals surface area contributed by atoms with Gasteiger partial charge in [-0.25, -0.2) is 4.98 Å². The topological polar surface area (TPSA) is 74.9 Å². The molecule has 1 fully saturated rings. The lowest BCUT2D eigenvalue weighted by molar-refractivity contribution is 0.105. The summed E-state index contributed by atoms with van der Waals surface area (Å²) in [5.41, 5.74) is 1.21. The Bertz CT molecular complexity index is 696. The molecular formula is C20H29N5O2. The molecule has 0 spiro atoms. The Balaban J connectivity index is 1.33. The second-order valence-corrected chi connectivity index (χ2v) is 6.55. The Morgan fingerprint density at radius 1 is 1.30 bits per heavy atom. The highest BCUT2D eigenvalue weighted by atomic mass is 16.5. The molecule has 2 N–H and O–H groups in total. The lowest BCUT2D eigenvalue weighted by atomic mass is 10.2. The van der Waals surface area contributed by atoms with Gasteiger partial charge in [0, 0.05) is 46.0 Å². The fourth-order valence-corrected chi connectivity index (χ4v) is 3.04. The molecule has 3 heterocycles. The van der Waals surface area contributed by atoms with Crippen LogP contribution >= 0.6 is 0 Å². The summed E-state index contributed by atoms with van der Waals surface area (Å²) in [6.07, 6.45) is 6.96. The van der Waals surface area contributed by atoms with Gasteiger partial charge in [-0.1, -0.05) is 0 Å². The Morgan fingerprint density at radius 3 is 2.96 bits per heavy atom. The number of rotatable bonds is 9. The van der Waals surface area contributed by atoms with E-state index >= 15 is 0 Å². The summed E-state index contributed by atoms with van der Waals surface area (Å²) in [4.78, 5) is 11.1. The molecule has 3 rings (SSSR count). The molecule has 0 aliphatic carbocycles. The van der Waals surface area contributed by atoms with Gasteiger partial charge in [0.05, 0.1) is 6.26 Å². The lowest BCUT2D eigenvalue weighted by Gasteiger charge is -2.17. The van der Waals surface area contributed by atoms with Crippen molar-refractivity contribution in [1.82, 2.24) is 15.6 Å². The summed E-state index contributed by atoms with van der Waals surface area (Å²) in [5, 5.41) is 6.67. The van der Waals surface area contributed by atoms with Crippen molar-refractivity contribution < 1.29 is 9.15 Å². The first-order valence-corrected chi connectivity index (χ1v) is 9.59. The average Bonchev–Trinajstić information content (AvgIpc) is 3.41. The Morgan fingerprint density at radius 2 is 2.19 bits per heavy atom.